The highest BCUT2D eigenvalue weighted by Crippen LogP contribution is 2.33. The fraction of sp³-hybridized carbons (Fsp3) is 0.478. The molecule has 0 amide bonds. The first-order chi connectivity index (χ1) is 14.9. The number of thiazole rings is 1. The van der Waals surface area contributed by atoms with Gasteiger partial charge in [0.2, 0.25) is 0 Å². The van der Waals surface area contributed by atoms with Gasteiger partial charge in [-0.05, 0) is 45.8 Å². The zero-order valence-electron chi connectivity index (χ0n) is 18.5. The number of carbonyl (C=O) groups excluding carboxylic acids is 1. The van der Waals surface area contributed by atoms with Crippen molar-refractivity contribution in [3.8, 4) is 0 Å². The van der Waals surface area contributed by atoms with Crippen molar-refractivity contribution in [2.45, 2.75) is 44.7 Å². The maximum absolute atomic E-state index is 13.0. The van der Waals surface area contributed by atoms with E-state index in [0.717, 1.165) is 36.8 Å². The number of aromatic nitrogens is 3. The molecule has 3 aromatic rings. The number of Topliss-reactive ketones (excluding diaryl/α,β-unsaturated/α-hetero) is 1. The van der Waals surface area contributed by atoms with Crippen LogP contribution >= 0.6 is 11.3 Å². The van der Waals surface area contributed by atoms with Gasteiger partial charge in [-0.15, -0.1) is 0 Å². The fourth-order valence-corrected chi connectivity index (χ4v) is 5.11. The number of rotatable bonds is 7. The average Bonchev–Trinajstić information content (AvgIpc) is 3.42. The minimum atomic E-state index is -0.173. The predicted octanol–water partition coefficient (Wildman–Crippen LogP) is 3.18. The summed E-state index contributed by atoms with van der Waals surface area (Å²) in [5, 5.41) is 0.727. The van der Waals surface area contributed by atoms with Crippen molar-refractivity contribution in [2.75, 3.05) is 25.5 Å². The summed E-state index contributed by atoms with van der Waals surface area (Å²) in [7, 11) is 5.68. The molecule has 0 aliphatic carbocycles. The smallest absolute Gasteiger partial charge is 0.280 e. The molecule has 0 N–H and O–H groups in total. The highest BCUT2D eigenvalue weighted by atomic mass is 32.1. The van der Waals surface area contributed by atoms with E-state index in [4.69, 9.17) is 4.98 Å². The van der Waals surface area contributed by atoms with Gasteiger partial charge in [0.05, 0.1) is 12.1 Å². The highest BCUT2D eigenvalue weighted by molar-refractivity contribution is 7.21. The monoisotopic (exact) mass is 439 g/mol. The van der Waals surface area contributed by atoms with Gasteiger partial charge in [-0.25, -0.2) is 9.97 Å². The van der Waals surface area contributed by atoms with E-state index < -0.39 is 0 Å². The molecule has 0 unspecified atom stereocenters. The Labute approximate surface area is 186 Å². The number of fused-ring (bicyclic) bond motifs is 1. The lowest BCUT2D eigenvalue weighted by Crippen LogP contribution is -2.36. The maximum atomic E-state index is 13.0. The molecule has 4 rings (SSSR count). The second kappa shape index (κ2) is 8.88. The molecule has 0 bridgehead atoms. The van der Waals surface area contributed by atoms with Crippen molar-refractivity contribution in [1.29, 1.82) is 0 Å². The molecule has 1 aromatic carbocycles. The summed E-state index contributed by atoms with van der Waals surface area (Å²) < 4.78 is 1.59. The topological polar surface area (TPSA) is 71.3 Å². The van der Waals surface area contributed by atoms with Crippen LogP contribution in [0, 0.1) is 0 Å². The van der Waals surface area contributed by atoms with Crippen molar-refractivity contribution in [2.24, 2.45) is 7.05 Å². The predicted molar refractivity (Wildman–Crippen MR) is 125 cm³/mol. The second-order valence-electron chi connectivity index (χ2n) is 8.43. The van der Waals surface area contributed by atoms with Gasteiger partial charge >= 0.3 is 0 Å². The number of carbonyl (C=O) groups is 1. The summed E-state index contributed by atoms with van der Waals surface area (Å²) >= 11 is 1.42. The quantitative estimate of drug-likeness (QED) is 0.563. The first-order valence-corrected chi connectivity index (χ1v) is 11.6. The molecular weight excluding hydrogens is 410 g/mol. The Bertz CT molecular complexity index is 1140. The largest absolute Gasteiger partial charge is 0.338 e. The summed E-state index contributed by atoms with van der Waals surface area (Å²) in [6, 6.07) is 9.94. The number of hydrogen-bond donors (Lipinski definition) is 0. The Balaban J connectivity index is 1.59. The van der Waals surface area contributed by atoms with Gasteiger partial charge in [0.1, 0.15) is 5.82 Å². The maximum Gasteiger partial charge on any atom is 0.280 e. The van der Waals surface area contributed by atoms with E-state index >= 15 is 0 Å². The van der Waals surface area contributed by atoms with Crippen LogP contribution < -0.4 is 10.5 Å². The van der Waals surface area contributed by atoms with Gasteiger partial charge in [0.25, 0.3) is 5.56 Å². The summed E-state index contributed by atoms with van der Waals surface area (Å²) in [6.45, 7) is 2.81. The summed E-state index contributed by atoms with van der Waals surface area (Å²) in [6.07, 6.45) is 3.04. The van der Waals surface area contributed by atoms with Crippen LogP contribution in [0.25, 0.3) is 10.3 Å². The van der Waals surface area contributed by atoms with Gasteiger partial charge in [-0.3, -0.25) is 19.1 Å². The lowest BCUT2D eigenvalue weighted by atomic mass is 10.0. The van der Waals surface area contributed by atoms with Gasteiger partial charge in [-0.1, -0.05) is 41.7 Å². The van der Waals surface area contributed by atoms with Crippen molar-refractivity contribution in [1.82, 2.24) is 19.4 Å². The molecule has 7 nitrogen and oxygen atoms in total. The Morgan fingerprint density at radius 3 is 2.71 bits per heavy atom. The minimum Gasteiger partial charge on any atom is -0.338 e. The van der Waals surface area contributed by atoms with Gasteiger partial charge in [0, 0.05) is 20.0 Å². The summed E-state index contributed by atoms with van der Waals surface area (Å²) in [5.41, 5.74) is 1.43. The molecule has 1 saturated heterocycles. The number of ketones is 1. The molecule has 1 aliphatic rings. The zero-order chi connectivity index (χ0) is 22.1. The Kier molecular flexibility index (Phi) is 6.20. The van der Waals surface area contributed by atoms with E-state index in [9.17, 15) is 9.59 Å². The number of anilines is 1. The van der Waals surface area contributed by atoms with Crippen molar-refractivity contribution in [3.05, 3.63) is 52.1 Å². The van der Waals surface area contributed by atoms with E-state index in [2.05, 4.69) is 22.0 Å². The number of benzene rings is 1. The fourth-order valence-electron chi connectivity index (χ4n) is 4.09. The van der Waals surface area contributed by atoms with Crippen molar-refractivity contribution < 1.29 is 4.79 Å². The van der Waals surface area contributed by atoms with Gasteiger partial charge in [0.15, 0.2) is 21.3 Å². The molecule has 0 spiro atoms. The standard InChI is InChI=1S/C23H29N5O2S/c1-15(26(2)3)20-25-21-19(22(30)27(20)4)24-23(31-21)28-14-8-11-17(28)18(29)13-12-16-9-6-5-7-10-16/h5-7,9-10,15,17H,8,11-14H2,1-4H3/t15-,17-/m1/s1. The van der Waals surface area contributed by atoms with Crippen LogP contribution in [0.15, 0.2) is 35.1 Å². The molecule has 2 atom stereocenters. The molecule has 1 aliphatic heterocycles. The van der Waals surface area contributed by atoms with Gasteiger partial charge < -0.3 is 4.90 Å². The van der Waals surface area contributed by atoms with E-state index in [0.29, 0.717) is 16.8 Å². The number of aryl methyl sites for hydroxylation is 1. The normalized spacial score (nSPS) is 17.6. The Morgan fingerprint density at radius 1 is 1.26 bits per heavy atom. The third-order valence-corrected chi connectivity index (χ3v) is 7.17. The van der Waals surface area contributed by atoms with Crippen LogP contribution in [0.2, 0.25) is 0 Å². The van der Waals surface area contributed by atoms with E-state index in [1.807, 2.05) is 44.1 Å². The third kappa shape index (κ3) is 4.27. The lowest BCUT2D eigenvalue weighted by Gasteiger charge is -2.22. The molecule has 8 heteroatoms. The van der Waals surface area contributed by atoms with Crippen LogP contribution in [-0.4, -0.2) is 51.9 Å². The SMILES string of the molecule is C[C@H](c1nc2sc(N3CCC[C@@H]3C(=O)CCc3ccccc3)nc2c(=O)n1C)N(C)C. The average molecular weight is 440 g/mol. The van der Waals surface area contributed by atoms with E-state index in [1.165, 1.54) is 16.9 Å². The zero-order valence-corrected chi connectivity index (χ0v) is 19.4. The van der Waals surface area contributed by atoms with E-state index in [1.54, 1.807) is 11.6 Å². The van der Waals surface area contributed by atoms with Crippen LogP contribution in [0.4, 0.5) is 5.13 Å². The van der Waals surface area contributed by atoms with Crippen LogP contribution in [-0.2, 0) is 18.3 Å². The molecule has 2 aromatic heterocycles. The van der Waals surface area contributed by atoms with Crippen LogP contribution in [0.1, 0.15) is 43.6 Å². The Hall–Kier alpha value is -2.58. The first kappa shape index (κ1) is 21.6. The summed E-state index contributed by atoms with van der Waals surface area (Å²) in [4.78, 5) is 40.1. The third-order valence-electron chi connectivity index (χ3n) is 6.19. The molecule has 1 fully saturated rings. The lowest BCUT2D eigenvalue weighted by molar-refractivity contribution is -0.120. The number of hydrogen-bond acceptors (Lipinski definition) is 7. The summed E-state index contributed by atoms with van der Waals surface area (Å²) in [5.74, 6) is 0.956. The number of nitrogens with zero attached hydrogens (tertiary/aromatic N) is 5. The minimum absolute atomic E-state index is 0.00625. The van der Waals surface area contributed by atoms with Crippen molar-refractivity contribution in [3.63, 3.8) is 0 Å². The van der Waals surface area contributed by atoms with Crippen LogP contribution in [0.3, 0.4) is 0 Å². The molecular formula is C23H29N5O2S. The van der Waals surface area contributed by atoms with Crippen LogP contribution in [0.5, 0.6) is 0 Å². The molecule has 3 heterocycles. The Morgan fingerprint density at radius 2 is 2.00 bits per heavy atom. The molecule has 164 valence electrons. The molecule has 0 saturated carbocycles. The molecule has 0 radical (unpaired) electrons. The highest BCUT2D eigenvalue weighted by Gasteiger charge is 2.33. The van der Waals surface area contributed by atoms with E-state index in [-0.39, 0.29) is 23.4 Å². The van der Waals surface area contributed by atoms with Crippen molar-refractivity contribution >= 4 is 32.6 Å². The first-order valence-electron chi connectivity index (χ1n) is 10.7. The second-order valence-corrected chi connectivity index (χ2v) is 9.38. The van der Waals surface area contributed by atoms with Gasteiger partial charge in [-0.2, -0.15) is 0 Å². The molecule has 31 heavy (non-hydrogen) atoms.